The largest absolute Gasteiger partial charge is 0.310 e. The van der Waals surface area contributed by atoms with Gasteiger partial charge in [-0.1, -0.05) is 31.2 Å². The van der Waals surface area contributed by atoms with Crippen LogP contribution in [-0.4, -0.2) is 31.1 Å². The molecule has 0 bridgehead atoms. The second-order valence-electron chi connectivity index (χ2n) is 5.56. The Morgan fingerprint density at radius 3 is 2.58 bits per heavy atom. The second-order valence-corrected chi connectivity index (χ2v) is 5.56. The summed E-state index contributed by atoms with van der Waals surface area (Å²) in [5, 5.41) is 3.54. The average Bonchev–Trinajstić information content (AvgIpc) is 2.38. The summed E-state index contributed by atoms with van der Waals surface area (Å²) >= 11 is 0. The van der Waals surface area contributed by atoms with Gasteiger partial charge in [0.2, 0.25) is 0 Å². The molecule has 0 spiro atoms. The van der Waals surface area contributed by atoms with Crippen molar-refractivity contribution < 1.29 is 8.78 Å². The maximum Gasteiger partial charge on any atom is 0.263 e. The molecule has 4 heteroatoms. The number of halogens is 2. The van der Waals surface area contributed by atoms with E-state index in [-0.39, 0.29) is 5.56 Å². The molecule has 2 unspecified atom stereocenters. The molecule has 2 atom stereocenters. The number of hydrogen-bond donors (Lipinski definition) is 1. The summed E-state index contributed by atoms with van der Waals surface area (Å²) in [5.74, 6) is 0.624. The molecular formula is C15H22F2N2. The summed E-state index contributed by atoms with van der Waals surface area (Å²) < 4.78 is 24.9. The molecule has 1 aromatic rings. The van der Waals surface area contributed by atoms with Crippen molar-refractivity contribution in [1.82, 2.24) is 10.2 Å². The lowest BCUT2D eigenvalue weighted by Gasteiger charge is -2.35. The minimum Gasteiger partial charge on any atom is -0.310 e. The lowest BCUT2D eigenvalue weighted by molar-refractivity contribution is 0.151. The summed E-state index contributed by atoms with van der Waals surface area (Å²) in [6, 6.07) is 7.12. The molecule has 0 amide bonds. The Morgan fingerprint density at radius 1 is 1.32 bits per heavy atom. The number of hydrogen-bond acceptors (Lipinski definition) is 2. The van der Waals surface area contributed by atoms with Crippen molar-refractivity contribution in [3.63, 3.8) is 0 Å². The van der Waals surface area contributed by atoms with Gasteiger partial charge in [0.1, 0.15) is 0 Å². The van der Waals surface area contributed by atoms with E-state index >= 15 is 0 Å². The van der Waals surface area contributed by atoms with Crippen molar-refractivity contribution in [3.05, 3.63) is 35.4 Å². The summed E-state index contributed by atoms with van der Waals surface area (Å²) in [6.07, 6.45) is -1.23. The van der Waals surface area contributed by atoms with E-state index in [0.717, 1.165) is 31.6 Å². The van der Waals surface area contributed by atoms with Crippen molar-refractivity contribution in [3.8, 4) is 0 Å². The second kappa shape index (κ2) is 6.44. The van der Waals surface area contributed by atoms with Gasteiger partial charge in [-0.05, 0) is 31.5 Å². The third-order valence-corrected chi connectivity index (χ3v) is 3.91. The van der Waals surface area contributed by atoms with Crippen LogP contribution in [0.15, 0.2) is 24.3 Å². The van der Waals surface area contributed by atoms with E-state index < -0.39 is 6.43 Å². The molecule has 1 N–H and O–H groups in total. The van der Waals surface area contributed by atoms with Crippen LogP contribution in [0.5, 0.6) is 0 Å². The summed E-state index contributed by atoms with van der Waals surface area (Å²) in [7, 11) is 2.15. The van der Waals surface area contributed by atoms with E-state index in [4.69, 9.17) is 0 Å². The van der Waals surface area contributed by atoms with Gasteiger partial charge in [-0.2, -0.15) is 0 Å². The van der Waals surface area contributed by atoms with Crippen molar-refractivity contribution in [2.75, 3.05) is 20.1 Å². The first kappa shape index (κ1) is 14.4. The summed E-state index contributed by atoms with van der Waals surface area (Å²) in [4.78, 5) is 2.35. The Balaban J connectivity index is 1.85. The van der Waals surface area contributed by atoms with Gasteiger partial charge in [-0.15, -0.1) is 0 Å². The number of alkyl halides is 2. The van der Waals surface area contributed by atoms with Crippen molar-refractivity contribution in [2.45, 2.75) is 32.4 Å². The third-order valence-electron chi connectivity index (χ3n) is 3.91. The van der Waals surface area contributed by atoms with E-state index in [1.54, 1.807) is 12.1 Å². The number of likely N-dealkylation sites (tertiary alicyclic amines) is 1. The molecule has 106 valence electrons. The van der Waals surface area contributed by atoms with Crippen LogP contribution in [-0.2, 0) is 6.54 Å². The van der Waals surface area contributed by atoms with E-state index in [1.165, 1.54) is 12.1 Å². The van der Waals surface area contributed by atoms with Crippen LogP contribution in [0.25, 0.3) is 0 Å². The van der Waals surface area contributed by atoms with Crippen LogP contribution in [0.1, 0.15) is 30.9 Å². The van der Waals surface area contributed by atoms with Gasteiger partial charge >= 0.3 is 0 Å². The minimum atomic E-state index is -2.38. The van der Waals surface area contributed by atoms with Gasteiger partial charge in [-0.25, -0.2) is 8.78 Å². The molecule has 1 aliphatic rings. The molecular weight excluding hydrogens is 246 g/mol. The predicted octanol–water partition coefficient (Wildman–Crippen LogP) is 3.05. The monoisotopic (exact) mass is 268 g/mol. The van der Waals surface area contributed by atoms with Crippen LogP contribution >= 0.6 is 0 Å². The average molecular weight is 268 g/mol. The van der Waals surface area contributed by atoms with Crippen molar-refractivity contribution in [1.29, 1.82) is 0 Å². The molecule has 19 heavy (non-hydrogen) atoms. The molecule has 0 aliphatic carbocycles. The van der Waals surface area contributed by atoms with Crippen LogP contribution in [0.2, 0.25) is 0 Å². The molecule has 1 aliphatic heterocycles. The van der Waals surface area contributed by atoms with Gasteiger partial charge in [0.25, 0.3) is 6.43 Å². The Labute approximate surface area is 113 Å². The zero-order valence-corrected chi connectivity index (χ0v) is 11.6. The molecule has 0 radical (unpaired) electrons. The quantitative estimate of drug-likeness (QED) is 0.903. The smallest absolute Gasteiger partial charge is 0.263 e. The summed E-state index contributed by atoms with van der Waals surface area (Å²) in [5.41, 5.74) is 1.16. The topological polar surface area (TPSA) is 15.3 Å². The normalized spacial score (nSPS) is 24.9. The summed E-state index contributed by atoms with van der Waals surface area (Å²) in [6.45, 7) is 5.24. The molecule has 2 rings (SSSR count). The highest BCUT2D eigenvalue weighted by atomic mass is 19.3. The van der Waals surface area contributed by atoms with Gasteiger partial charge in [0.15, 0.2) is 0 Å². The standard InChI is InChI=1S/C15H22F2N2/c1-11-10-19(2)8-7-14(11)18-9-12-3-5-13(6-4-12)15(16)17/h3-6,11,14-15,18H,7-10H2,1-2H3. The van der Waals surface area contributed by atoms with Crippen LogP contribution in [0, 0.1) is 5.92 Å². The molecule has 2 nitrogen and oxygen atoms in total. The maximum atomic E-state index is 12.4. The molecule has 1 heterocycles. The third kappa shape index (κ3) is 3.98. The highest BCUT2D eigenvalue weighted by molar-refractivity contribution is 5.23. The van der Waals surface area contributed by atoms with E-state index in [9.17, 15) is 8.78 Å². The van der Waals surface area contributed by atoms with Crippen LogP contribution in [0.4, 0.5) is 8.78 Å². The van der Waals surface area contributed by atoms with E-state index in [0.29, 0.717) is 12.0 Å². The van der Waals surface area contributed by atoms with E-state index in [1.807, 2.05) is 0 Å². The molecule has 1 saturated heterocycles. The maximum absolute atomic E-state index is 12.4. The first-order valence-electron chi connectivity index (χ1n) is 6.85. The molecule has 0 saturated carbocycles. The fourth-order valence-corrected chi connectivity index (χ4v) is 2.69. The van der Waals surface area contributed by atoms with Crippen molar-refractivity contribution in [2.24, 2.45) is 5.92 Å². The van der Waals surface area contributed by atoms with Gasteiger partial charge < -0.3 is 10.2 Å². The molecule has 0 aromatic heterocycles. The Hall–Kier alpha value is -1.00. The highest BCUT2D eigenvalue weighted by Crippen LogP contribution is 2.19. The fourth-order valence-electron chi connectivity index (χ4n) is 2.69. The van der Waals surface area contributed by atoms with Crippen molar-refractivity contribution >= 4 is 0 Å². The Kier molecular flexibility index (Phi) is 4.88. The number of rotatable bonds is 4. The first-order valence-corrected chi connectivity index (χ1v) is 6.85. The minimum absolute atomic E-state index is 0.0939. The zero-order chi connectivity index (χ0) is 13.8. The Bertz CT molecular complexity index is 392. The van der Waals surface area contributed by atoms with Gasteiger partial charge in [-0.3, -0.25) is 0 Å². The number of nitrogens with one attached hydrogen (secondary N) is 1. The lowest BCUT2D eigenvalue weighted by Crippen LogP contribution is -2.46. The molecule has 1 aromatic carbocycles. The fraction of sp³-hybridized carbons (Fsp3) is 0.600. The number of benzene rings is 1. The van der Waals surface area contributed by atoms with E-state index in [2.05, 4.69) is 24.2 Å². The number of piperidine rings is 1. The predicted molar refractivity (Wildman–Crippen MR) is 73.3 cm³/mol. The first-order chi connectivity index (χ1) is 9.06. The number of nitrogens with zero attached hydrogens (tertiary/aromatic N) is 1. The van der Waals surface area contributed by atoms with Crippen LogP contribution in [0.3, 0.4) is 0 Å². The van der Waals surface area contributed by atoms with Crippen LogP contribution < -0.4 is 5.32 Å². The van der Waals surface area contributed by atoms with Gasteiger partial charge in [0, 0.05) is 24.7 Å². The highest BCUT2D eigenvalue weighted by Gasteiger charge is 2.23. The SMILES string of the molecule is CC1CN(C)CCC1NCc1ccc(C(F)F)cc1. The lowest BCUT2D eigenvalue weighted by atomic mass is 9.94. The zero-order valence-electron chi connectivity index (χ0n) is 11.6. The Morgan fingerprint density at radius 2 is 2.00 bits per heavy atom. The molecule has 1 fully saturated rings. The van der Waals surface area contributed by atoms with Gasteiger partial charge in [0.05, 0.1) is 0 Å².